The van der Waals surface area contributed by atoms with Crippen LogP contribution in [0.15, 0.2) is 0 Å². The van der Waals surface area contributed by atoms with Crippen LogP contribution in [-0.2, 0) is 9.53 Å². The minimum atomic E-state index is -4.64. The number of methoxy groups -OCH3 is 1. The van der Waals surface area contributed by atoms with E-state index in [2.05, 4.69) is 4.74 Å². The molecule has 0 fully saturated rings. The molecule has 0 N–H and O–H groups in total. The minimum absolute atomic E-state index is 0.793. The van der Waals surface area contributed by atoms with Gasteiger partial charge in [0.05, 0.1) is 0 Å². The maximum absolute atomic E-state index is 11.7. The van der Waals surface area contributed by atoms with Crippen LogP contribution in [-0.4, -0.2) is 25.4 Å². The van der Waals surface area contributed by atoms with Crippen LogP contribution in [0.1, 0.15) is 6.42 Å². The molecule has 3 nitrogen and oxygen atoms in total. The lowest BCUT2D eigenvalue weighted by molar-refractivity contribution is -0.313. The van der Waals surface area contributed by atoms with Crippen LogP contribution < -0.4 is 5.11 Å². The molecule has 0 spiro atoms. The number of halogens is 3. The Morgan fingerprint density at radius 3 is 2.18 bits per heavy atom. The second kappa shape index (κ2) is 3.56. The molecular weight excluding hydrogens is 165 g/mol. The number of rotatable bonds is 3. The van der Waals surface area contributed by atoms with Gasteiger partial charge in [0, 0.05) is 19.5 Å². The van der Waals surface area contributed by atoms with E-state index in [4.69, 9.17) is 0 Å². The Bertz CT molecular complexity index is 142. The van der Waals surface area contributed by atoms with Gasteiger partial charge >= 0.3 is 6.18 Å². The van der Waals surface area contributed by atoms with E-state index in [-0.39, 0.29) is 0 Å². The maximum Gasteiger partial charge on any atom is 0.414 e. The van der Waals surface area contributed by atoms with Crippen LogP contribution in [0, 0.1) is 0 Å². The van der Waals surface area contributed by atoms with Crippen molar-refractivity contribution >= 4 is 5.97 Å². The molecule has 0 aliphatic carbocycles. The molecule has 0 amide bonds. The van der Waals surface area contributed by atoms with Crippen molar-refractivity contribution in [3.63, 3.8) is 0 Å². The molecule has 0 rings (SSSR count). The monoisotopic (exact) mass is 171 g/mol. The number of hydrogen-bond donors (Lipinski definition) is 0. The molecular formula is C5H6F3O3-. The zero-order valence-electron chi connectivity index (χ0n) is 5.64. The van der Waals surface area contributed by atoms with Gasteiger partial charge in [-0.15, -0.1) is 0 Å². The Morgan fingerprint density at radius 2 is 2.09 bits per heavy atom. The highest BCUT2D eigenvalue weighted by Gasteiger charge is 2.39. The topological polar surface area (TPSA) is 49.4 Å². The zero-order chi connectivity index (χ0) is 9.07. The van der Waals surface area contributed by atoms with Crippen LogP contribution in [0.4, 0.5) is 13.2 Å². The van der Waals surface area contributed by atoms with Crippen LogP contribution in [0.3, 0.4) is 0 Å². The largest absolute Gasteiger partial charge is 0.550 e. The summed E-state index contributed by atoms with van der Waals surface area (Å²) in [6.07, 6.45) is -8.08. The molecule has 1 unspecified atom stereocenters. The smallest absolute Gasteiger partial charge is 0.414 e. The third-order valence-corrected chi connectivity index (χ3v) is 1.00. The molecule has 0 bridgehead atoms. The Labute approximate surface area is 60.8 Å². The molecule has 0 aliphatic rings. The van der Waals surface area contributed by atoms with Crippen molar-refractivity contribution in [2.75, 3.05) is 7.11 Å². The number of carbonyl (C=O) groups is 1. The summed E-state index contributed by atoms with van der Waals surface area (Å²) < 4.78 is 38.9. The molecule has 11 heavy (non-hydrogen) atoms. The standard InChI is InChI=1S/C5H7F3O3/c1-11-3(2-4(9)10)5(6,7)8/h3H,2H2,1H3,(H,9,10)/p-1. The number of ether oxygens (including phenoxy) is 1. The van der Waals surface area contributed by atoms with Crippen LogP contribution >= 0.6 is 0 Å². The Kier molecular flexibility index (Phi) is 3.31. The highest BCUT2D eigenvalue weighted by Crippen LogP contribution is 2.24. The first-order valence-corrected chi connectivity index (χ1v) is 2.67. The van der Waals surface area contributed by atoms with E-state index >= 15 is 0 Å². The summed E-state index contributed by atoms with van der Waals surface area (Å²) in [6.45, 7) is 0. The fraction of sp³-hybridized carbons (Fsp3) is 0.800. The number of carboxylic acids is 1. The van der Waals surface area contributed by atoms with Crippen molar-refractivity contribution in [2.45, 2.75) is 18.7 Å². The van der Waals surface area contributed by atoms with Gasteiger partial charge in [-0.2, -0.15) is 13.2 Å². The molecule has 0 aromatic carbocycles. The van der Waals surface area contributed by atoms with Gasteiger partial charge in [-0.25, -0.2) is 0 Å². The fourth-order valence-corrected chi connectivity index (χ4v) is 0.484. The molecule has 1 atom stereocenters. The average Bonchev–Trinajstić information content (AvgIpc) is 1.79. The van der Waals surface area contributed by atoms with E-state index < -0.39 is 24.7 Å². The Hall–Kier alpha value is -0.780. The van der Waals surface area contributed by atoms with Crippen molar-refractivity contribution in [1.29, 1.82) is 0 Å². The highest BCUT2D eigenvalue weighted by molar-refractivity contribution is 5.65. The molecule has 0 heterocycles. The lowest BCUT2D eigenvalue weighted by Gasteiger charge is -2.18. The molecule has 0 saturated carbocycles. The van der Waals surface area contributed by atoms with Crippen molar-refractivity contribution < 1.29 is 27.8 Å². The lowest BCUT2D eigenvalue weighted by atomic mass is 10.2. The third kappa shape index (κ3) is 3.82. The van der Waals surface area contributed by atoms with Crippen molar-refractivity contribution in [2.24, 2.45) is 0 Å². The predicted octanol–water partition coefficient (Wildman–Crippen LogP) is -0.296. The van der Waals surface area contributed by atoms with Gasteiger partial charge in [0.1, 0.15) is 0 Å². The normalized spacial score (nSPS) is 14.5. The van der Waals surface area contributed by atoms with Gasteiger partial charge in [-0.1, -0.05) is 0 Å². The summed E-state index contributed by atoms with van der Waals surface area (Å²) in [7, 11) is 0.793. The number of carboxylic acid groups (broad SMARTS) is 1. The lowest BCUT2D eigenvalue weighted by Crippen LogP contribution is -2.37. The predicted molar refractivity (Wildman–Crippen MR) is 26.5 cm³/mol. The number of alkyl halides is 3. The van der Waals surface area contributed by atoms with Crippen molar-refractivity contribution in [3.05, 3.63) is 0 Å². The van der Waals surface area contributed by atoms with E-state index in [0.717, 1.165) is 7.11 Å². The van der Waals surface area contributed by atoms with Gasteiger partial charge in [-0.3, -0.25) is 0 Å². The molecule has 0 saturated heterocycles. The molecule has 0 aromatic heterocycles. The van der Waals surface area contributed by atoms with Crippen molar-refractivity contribution in [1.82, 2.24) is 0 Å². The van der Waals surface area contributed by atoms with Gasteiger partial charge < -0.3 is 14.6 Å². The molecule has 0 radical (unpaired) electrons. The second-order valence-electron chi connectivity index (χ2n) is 1.84. The van der Waals surface area contributed by atoms with Gasteiger partial charge in [0.2, 0.25) is 0 Å². The molecule has 66 valence electrons. The summed E-state index contributed by atoms with van der Waals surface area (Å²) in [5.74, 6) is -1.78. The van der Waals surface area contributed by atoms with Gasteiger partial charge in [-0.05, 0) is 0 Å². The van der Waals surface area contributed by atoms with Crippen LogP contribution in [0.5, 0.6) is 0 Å². The molecule has 6 heteroatoms. The number of hydrogen-bond acceptors (Lipinski definition) is 3. The summed E-state index contributed by atoms with van der Waals surface area (Å²) in [6, 6.07) is 0. The number of aliphatic carboxylic acids is 1. The number of carbonyl (C=O) groups excluding carboxylic acids is 1. The Morgan fingerprint density at radius 1 is 1.64 bits per heavy atom. The highest BCUT2D eigenvalue weighted by atomic mass is 19.4. The quantitative estimate of drug-likeness (QED) is 0.585. The first-order chi connectivity index (χ1) is 4.88. The minimum Gasteiger partial charge on any atom is -0.550 e. The second-order valence-corrected chi connectivity index (χ2v) is 1.84. The molecule has 0 aliphatic heterocycles. The van der Waals surface area contributed by atoms with E-state index in [1.807, 2.05) is 0 Å². The summed E-state index contributed by atoms with van der Waals surface area (Å²) in [5, 5.41) is 9.72. The van der Waals surface area contributed by atoms with Gasteiger partial charge in [0.15, 0.2) is 6.10 Å². The average molecular weight is 171 g/mol. The van der Waals surface area contributed by atoms with Crippen LogP contribution in [0.25, 0.3) is 0 Å². The van der Waals surface area contributed by atoms with E-state index in [0.29, 0.717) is 0 Å². The third-order valence-electron chi connectivity index (χ3n) is 1.00. The maximum atomic E-state index is 11.7. The molecule has 0 aromatic rings. The van der Waals surface area contributed by atoms with Crippen molar-refractivity contribution in [3.8, 4) is 0 Å². The first-order valence-electron chi connectivity index (χ1n) is 2.67. The van der Waals surface area contributed by atoms with Gasteiger partial charge in [0.25, 0.3) is 0 Å². The fourth-order valence-electron chi connectivity index (χ4n) is 0.484. The van der Waals surface area contributed by atoms with E-state index in [1.54, 1.807) is 0 Å². The van der Waals surface area contributed by atoms with Crippen LogP contribution in [0.2, 0.25) is 0 Å². The SMILES string of the molecule is COC(CC(=O)[O-])C(F)(F)F. The van der Waals surface area contributed by atoms with E-state index in [9.17, 15) is 23.1 Å². The zero-order valence-corrected chi connectivity index (χ0v) is 5.64. The van der Waals surface area contributed by atoms with E-state index in [1.165, 1.54) is 0 Å². The summed E-state index contributed by atoms with van der Waals surface area (Å²) >= 11 is 0. The summed E-state index contributed by atoms with van der Waals surface area (Å²) in [4.78, 5) is 9.72. The first kappa shape index (κ1) is 10.2. The summed E-state index contributed by atoms with van der Waals surface area (Å²) in [5.41, 5.74) is 0. The Balaban J connectivity index is 4.07.